The highest BCUT2D eigenvalue weighted by Gasteiger charge is 2.28. The Hall–Kier alpha value is -1.27. The lowest BCUT2D eigenvalue weighted by Crippen LogP contribution is -2.40. The Morgan fingerprint density at radius 1 is 1.45 bits per heavy atom. The molecule has 0 bridgehead atoms. The number of amides is 2. The van der Waals surface area contributed by atoms with Crippen LogP contribution in [-0.4, -0.2) is 35.1 Å². The zero-order valence-electron chi connectivity index (χ0n) is 10.6. The number of carboxylic acids is 1. The molecule has 2 rings (SSSR count). The fraction of sp³-hybridized carbons (Fsp3) is 0.385. The predicted molar refractivity (Wildman–Crippen MR) is 80.1 cm³/mol. The zero-order chi connectivity index (χ0) is 14.7. The Morgan fingerprint density at radius 3 is 2.70 bits per heavy atom. The van der Waals surface area contributed by atoms with Crippen molar-refractivity contribution in [2.45, 2.75) is 12.8 Å². The molecule has 0 atom stereocenters. The number of nitrogens with zero attached hydrogens (tertiary/aromatic N) is 1. The van der Waals surface area contributed by atoms with Gasteiger partial charge >= 0.3 is 12.0 Å². The van der Waals surface area contributed by atoms with E-state index in [4.69, 9.17) is 16.7 Å². The van der Waals surface area contributed by atoms with Crippen molar-refractivity contribution >= 4 is 45.2 Å². The average molecular weight is 362 g/mol. The second kappa shape index (κ2) is 6.45. The van der Waals surface area contributed by atoms with Gasteiger partial charge in [-0.25, -0.2) is 4.79 Å². The van der Waals surface area contributed by atoms with Crippen LogP contribution in [-0.2, 0) is 4.79 Å². The molecule has 1 fully saturated rings. The van der Waals surface area contributed by atoms with E-state index in [2.05, 4.69) is 21.2 Å². The fourth-order valence-electron chi connectivity index (χ4n) is 1.78. The van der Waals surface area contributed by atoms with Crippen molar-refractivity contribution in [1.29, 1.82) is 0 Å². The van der Waals surface area contributed by atoms with E-state index in [0.717, 1.165) is 17.3 Å². The van der Waals surface area contributed by atoms with E-state index in [1.165, 1.54) is 4.90 Å². The van der Waals surface area contributed by atoms with Crippen molar-refractivity contribution < 1.29 is 14.7 Å². The number of anilines is 1. The van der Waals surface area contributed by atoms with E-state index < -0.39 is 12.0 Å². The maximum atomic E-state index is 12.1. The molecule has 2 N–H and O–H groups in total. The Balaban J connectivity index is 2.04. The fourth-order valence-corrected chi connectivity index (χ4v) is 2.50. The number of carboxylic acid groups (broad SMARTS) is 1. The van der Waals surface area contributed by atoms with Gasteiger partial charge in [0.05, 0.1) is 10.7 Å². The van der Waals surface area contributed by atoms with Crippen molar-refractivity contribution in [3.8, 4) is 0 Å². The summed E-state index contributed by atoms with van der Waals surface area (Å²) in [5, 5.41) is 11.9. The summed E-state index contributed by atoms with van der Waals surface area (Å²) in [6, 6.07) is 4.65. The van der Waals surface area contributed by atoms with Crippen LogP contribution in [0.25, 0.3) is 0 Å². The number of carbonyl (C=O) groups excluding carboxylic acids is 1. The number of aliphatic carboxylic acids is 1. The summed E-state index contributed by atoms with van der Waals surface area (Å²) >= 11 is 9.30. The van der Waals surface area contributed by atoms with Gasteiger partial charge in [0.25, 0.3) is 0 Å². The monoisotopic (exact) mass is 360 g/mol. The number of hydrogen-bond acceptors (Lipinski definition) is 2. The number of rotatable bonds is 5. The first kappa shape index (κ1) is 15.1. The summed E-state index contributed by atoms with van der Waals surface area (Å²) in [6.07, 6.45) is 2.09. The number of urea groups is 1. The molecule has 1 aromatic carbocycles. The summed E-state index contributed by atoms with van der Waals surface area (Å²) in [5.74, 6) is -0.608. The Bertz CT molecular complexity index is 534. The summed E-state index contributed by atoms with van der Waals surface area (Å²) in [5.41, 5.74) is 0.464. The molecule has 7 heteroatoms. The highest BCUT2D eigenvalue weighted by atomic mass is 79.9. The zero-order valence-corrected chi connectivity index (χ0v) is 12.9. The standard InChI is InChI=1S/C13H14BrClN2O3/c14-9-3-4-11(10(15)5-9)16-13(20)17(7-12(18)19)6-8-1-2-8/h3-5,8H,1-2,6-7H2,(H,16,20)(H,18,19). The molecule has 2 amide bonds. The van der Waals surface area contributed by atoms with E-state index in [1.54, 1.807) is 18.2 Å². The van der Waals surface area contributed by atoms with Gasteiger partial charge in [0.15, 0.2) is 0 Å². The second-order valence-corrected chi connectivity index (χ2v) is 6.09. The first-order chi connectivity index (χ1) is 9.45. The minimum atomic E-state index is -1.03. The topological polar surface area (TPSA) is 69.6 Å². The van der Waals surface area contributed by atoms with Gasteiger partial charge in [0.2, 0.25) is 0 Å². The minimum Gasteiger partial charge on any atom is -0.480 e. The molecule has 0 unspecified atom stereocenters. The molecule has 5 nitrogen and oxygen atoms in total. The molecule has 0 heterocycles. The molecular formula is C13H14BrClN2O3. The molecular weight excluding hydrogens is 348 g/mol. The van der Waals surface area contributed by atoms with Gasteiger partial charge in [-0.1, -0.05) is 27.5 Å². The maximum absolute atomic E-state index is 12.1. The van der Waals surface area contributed by atoms with E-state index in [-0.39, 0.29) is 6.54 Å². The lowest BCUT2D eigenvalue weighted by molar-refractivity contribution is -0.137. The molecule has 1 saturated carbocycles. The van der Waals surface area contributed by atoms with Crippen molar-refractivity contribution in [3.05, 3.63) is 27.7 Å². The van der Waals surface area contributed by atoms with Crippen molar-refractivity contribution in [2.24, 2.45) is 5.92 Å². The van der Waals surface area contributed by atoms with E-state index >= 15 is 0 Å². The normalized spacial score (nSPS) is 13.9. The van der Waals surface area contributed by atoms with Crippen LogP contribution in [0, 0.1) is 5.92 Å². The van der Waals surface area contributed by atoms with Gasteiger partial charge in [-0.3, -0.25) is 4.79 Å². The van der Waals surface area contributed by atoms with Gasteiger partial charge in [0, 0.05) is 11.0 Å². The molecule has 0 radical (unpaired) electrons. The van der Waals surface area contributed by atoms with Gasteiger partial charge < -0.3 is 15.3 Å². The number of hydrogen-bond donors (Lipinski definition) is 2. The summed E-state index contributed by atoms with van der Waals surface area (Å²) in [7, 11) is 0. The summed E-state index contributed by atoms with van der Waals surface area (Å²) in [6.45, 7) is 0.156. The van der Waals surface area contributed by atoms with Crippen LogP contribution < -0.4 is 5.32 Å². The lowest BCUT2D eigenvalue weighted by atomic mass is 10.3. The molecule has 1 aromatic rings. The number of carbonyl (C=O) groups is 2. The first-order valence-electron chi connectivity index (χ1n) is 6.18. The molecule has 1 aliphatic carbocycles. The molecule has 20 heavy (non-hydrogen) atoms. The van der Waals surface area contributed by atoms with Gasteiger partial charge in [-0.15, -0.1) is 0 Å². The maximum Gasteiger partial charge on any atom is 0.323 e. The van der Waals surface area contributed by atoms with E-state index in [9.17, 15) is 9.59 Å². The average Bonchev–Trinajstić information content (AvgIpc) is 3.15. The van der Waals surface area contributed by atoms with Crippen molar-refractivity contribution in [2.75, 3.05) is 18.4 Å². The molecule has 108 valence electrons. The van der Waals surface area contributed by atoms with Crippen molar-refractivity contribution in [3.63, 3.8) is 0 Å². The Kier molecular flexibility index (Phi) is 4.88. The van der Waals surface area contributed by atoms with E-state index in [0.29, 0.717) is 23.2 Å². The molecule has 0 aliphatic heterocycles. The minimum absolute atomic E-state index is 0.309. The first-order valence-corrected chi connectivity index (χ1v) is 7.35. The molecule has 0 aromatic heterocycles. The van der Waals surface area contributed by atoms with E-state index in [1.807, 2.05) is 0 Å². The van der Waals surface area contributed by atoms with Crippen LogP contribution in [0.1, 0.15) is 12.8 Å². The largest absolute Gasteiger partial charge is 0.480 e. The van der Waals surface area contributed by atoms with Crippen LogP contribution >= 0.6 is 27.5 Å². The SMILES string of the molecule is O=C(O)CN(CC1CC1)C(=O)Nc1ccc(Br)cc1Cl. The van der Waals surface area contributed by atoms with Crippen LogP contribution in [0.2, 0.25) is 5.02 Å². The third-order valence-electron chi connectivity index (χ3n) is 2.96. The highest BCUT2D eigenvalue weighted by Crippen LogP contribution is 2.30. The molecule has 0 spiro atoms. The number of halogens is 2. The summed E-state index contributed by atoms with van der Waals surface area (Å²) in [4.78, 5) is 24.3. The van der Waals surface area contributed by atoms with Gasteiger partial charge in [0.1, 0.15) is 6.54 Å². The van der Waals surface area contributed by atoms with Gasteiger partial charge in [-0.2, -0.15) is 0 Å². The molecule has 0 saturated heterocycles. The van der Waals surface area contributed by atoms with Crippen molar-refractivity contribution in [1.82, 2.24) is 4.90 Å². The van der Waals surface area contributed by atoms with Crippen LogP contribution in [0.3, 0.4) is 0 Å². The number of nitrogens with one attached hydrogen (secondary N) is 1. The lowest BCUT2D eigenvalue weighted by Gasteiger charge is -2.21. The predicted octanol–water partition coefficient (Wildman–Crippen LogP) is 3.43. The van der Waals surface area contributed by atoms with Gasteiger partial charge in [-0.05, 0) is 37.0 Å². The molecule has 1 aliphatic rings. The van der Waals surface area contributed by atoms with Crippen LogP contribution in [0.5, 0.6) is 0 Å². The van der Waals surface area contributed by atoms with Crippen LogP contribution in [0.4, 0.5) is 10.5 Å². The smallest absolute Gasteiger partial charge is 0.323 e. The summed E-state index contributed by atoms with van der Waals surface area (Å²) < 4.78 is 0.806. The quantitative estimate of drug-likeness (QED) is 0.844. The van der Waals surface area contributed by atoms with Crippen LogP contribution in [0.15, 0.2) is 22.7 Å². The third kappa shape index (κ3) is 4.38. The highest BCUT2D eigenvalue weighted by molar-refractivity contribution is 9.10. The number of benzene rings is 1. The second-order valence-electron chi connectivity index (χ2n) is 4.77. The Labute approximate surface area is 130 Å². The third-order valence-corrected chi connectivity index (χ3v) is 3.77. The Morgan fingerprint density at radius 2 is 2.15 bits per heavy atom.